The Balaban J connectivity index is 2.45. The van der Waals surface area contributed by atoms with Gasteiger partial charge in [0, 0.05) is 18.0 Å². The van der Waals surface area contributed by atoms with Crippen molar-refractivity contribution in [3.63, 3.8) is 0 Å². The Morgan fingerprint density at radius 1 is 0.941 bits per heavy atom. The van der Waals surface area contributed by atoms with Crippen LogP contribution in [0.2, 0.25) is 0 Å². The summed E-state index contributed by atoms with van der Waals surface area (Å²) in [6.07, 6.45) is 4.80. The van der Waals surface area contributed by atoms with E-state index in [0.717, 1.165) is 17.8 Å². The highest BCUT2D eigenvalue weighted by molar-refractivity contribution is 5.59. The van der Waals surface area contributed by atoms with Gasteiger partial charge in [0.05, 0.1) is 0 Å². The summed E-state index contributed by atoms with van der Waals surface area (Å²) in [5.74, 6) is 0.813. The molecule has 0 bridgehead atoms. The molecule has 0 aliphatic carbocycles. The predicted molar refractivity (Wildman–Crippen MR) is 71.1 cm³/mol. The smallest absolute Gasteiger partial charge is 0.159 e. The molecule has 2 nitrogen and oxygen atoms in total. The minimum absolute atomic E-state index is 0.813. The molecule has 88 valence electrons. The van der Waals surface area contributed by atoms with Crippen molar-refractivity contribution in [1.29, 1.82) is 0 Å². The van der Waals surface area contributed by atoms with Gasteiger partial charge >= 0.3 is 0 Å². The van der Waals surface area contributed by atoms with Gasteiger partial charge in [-0.15, -0.1) is 0 Å². The third-order valence-corrected chi connectivity index (χ3v) is 3.30. The van der Waals surface area contributed by atoms with Crippen molar-refractivity contribution in [2.45, 2.75) is 34.1 Å². The van der Waals surface area contributed by atoms with Crippen LogP contribution in [-0.2, 0) is 6.42 Å². The lowest BCUT2D eigenvalue weighted by molar-refractivity contribution is 1.05. The Morgan fingerprint density at radius 3 is 1.94 bits per heavy atom. The molecule has 2 heteroatoms. The third kappa shape index (κ3) is 2.36. The zero-order chi connectivity index (χ0) is 12.4. The minimum Gasteiger partial charge on any atom is -0.236 e. The monoisotopic (exact) mass is 226 g/mol. The van der Waals surface area contributed by atoms with Gasteiger partial charge in [0.1, 0.15) is 0 Å². The van der Waals surface area contributed by atoms with Crippen LogP contribution in [0.15, 0.2) is 24.5 Å². The lowest BCUT2D eigenvalue weighted by atomic mass is 10.0. The Hall–Kier alpha value is -1.70. The Bertz CT molecular complexity index is 504. The van der Waals surface area contributed by atoms with E-state index in [2.05, 4.69) is 49.8 Å². The maximum absolute atomic E-state index is 4.42. The number of benzene rings is 1. The van der Waals surface area contributed by atoms with E-state index in [-0.39, 0.29) is 0 Å². The first-order valence-electron chi connectivity index (χ1n) is 6.01. The van der Waals surface area contributed by atoms with Crippen LogP contribution in [0.3, 0.4) is 0 Å². The van der Waals surface area contributed by atoms with Crippen molar-refractivity contribution in [2.24, 2.45) is 0 Å². The van der Waals surface area contributed by atoms with Crippen molar-refractivity contribution < 1.29 is 0 Å². The maximum Gasteiger partial charge on any atom is 0.159 e. The molecule has 0 saturated carbocycles. The topological polar surface area (TPSA) is 25.8 Å². The van der Waals surface area contributed by atoms with Gasteiger partial charge in [-0.2, -0.15) is 0 Å². The van der Waals surface area contributed by atoms with E-state index in [9.17, 15) is 0 Å². The molecule has 0 amide bonds. The first-order chi connectivity index (χ1) is 8.11. The number of aryl methyl sites for hydroxylation is 3. The molecule has 2 rings (SSSR count). The molecule has 0 N–H and O–H groups in total. The van der Waals surface area contributed by atoms with Gasteiger partial charge in [-0.25, -0.2) is 9.97 Å². The molecule has 1 aromatic heterocycles. The van der Waals surface area contributed by atoms with Crippen molar-refractivity contribution in [1.82, 2.24) is 9.97 Å². The van der Waals surface area contributed by atoms with Gasteiger partial charge in [0.2, 0.25) is 0 Å². The first kappa shape index (κ1) is 11.8. The average Bonchev–Trinajstić information content (AvgIpc) is 2.35. The second-order valence-electron chi connectivity index (χ2n) is 4.50. The maximum atomic E-state index is 4.42. The molecule has 1 heterocycles. The van der Waals surface area contributed by atoms with Gasteiger partial charge in [-0.05, 0) is 61.6 Å². The van der Waals surface area contributed by atoms with Crippen LogP contribution in [0, 0.1) is 20.8 Å². The molecule has 17 heavy (non-hydrogen) atoms. The third-order valence-electron chi connectivity index (χ3n) is 3.30. The highest BCUT2D eigenvalue weighted by Crippen LogP contribution is 2.22. The van der Waals surface area contributed by atoms with E-state index in [4.69, 9.17) is 0 Å². The van der Waals surface area contributed by atoms with E-state index in [1.807, 2.05) is 12.4 Å². The molecule has 0 radical (unpaired) electrons. The Labute approximate surface area is 103 Å². The van der Waals surface area contributed by atoms with E-state index < -0.39 is 0 Å². The van der Waals surface area contributed by atoms with Crippen LogP contribution in [-0.4, -0.2) is 9.97 Å². The zero-order valence-corrected chi connectivity index (χ0v) is 10.9. The second-order valence-corrected chi connectivity index (χ2v) is 4.50. The van der Waals surface area contributed by atoms with Gasteiger partial charge in [-0.3, -0.25) is 0 Å². The number of rotatable bonds is 2. The van der Waals surface area contributed by atoms with Crippen LogP contribution in [0.1, 0.15) is 29.2 Å². The van der Waals surface area contributed by atoms with E-state index in [0.29, 0.717) is 0 Å². The lowest BCUT2D eigenvalue weighted by Crippen LogP contribution is -1.94. The quantitative estimate of drug-likeness (QED) is 0.781. The summed E-state index contributed by atoms with van der Waals surface area (Å²) < 4.78 is 0. The van der Waals surface area contributed by atoms with E-state index in [1.54, 1.807) is 0 Å². The Morgan fingerprint density at radius 2 is 1.47 bits per heavy atom. The highest BCUT2D eigenvalue weighted by atomic mass is 14.9. The van der Waals surface area contributed by atoms with E-state index >= 15 is 0 Å². The van der Waals surface area contributed by atoms with Gasteiger partial charge in [0.15, 0.2) is 5.82 Å². The summed E-state index contributed by atoms with van der Waals surface area (Å²) in [5.41, 5.74) is 6.22. The highest BCUT2D eigenvalue weighted by Gasteiger charge is 2.05. The molecule has 0 aliphatic heterocycles. The number of hydrogen-bond donors (Lipinski definition) is 0. The van der Waals surface area contributed by atoms with Crippen LogP contribution < -0.4 is 0 Å². The van der Waals surface area contributed by atoms with Crippen LogP contribution >= 0.6 is 0 Å². The number of nitrogens with zero attached hydrogens (tertiary/aromatic N) is 2. The van der Waals surface area contributed by atoms with Crippen molar-refractivity contribution in [3.05, 3.63) is 46.8 Å². The molecule has 0 atom stereocenters. The summed E-state index contributed by atoms with van der Waals surface area (Å²) in [7, 11) is 0. The molecule has 0 saturated heterocycles. The fourth-order valence-electron chi connectivity index (χ4n) is 1.85. The van der Waals surface area contributed by atoms with Crippen LogP contribution in [0.5, 0.6) is 0 Å². The SMILES string of the molecule is CCc1cnc(-c2cc(C)c(C)c(C)c2)nc1. The molecular formula is C15H18N2. The van der Waals surface area contributed by atoms with Gasteiger partial charge in [0.25, 0.3) is 0 Å². The summed E-state index contributed by atoms with van der Waals surface area (Å²) in [5, 5.41) is 0. The van der Waals surface area contributed by atoms with Crippen molar-refractivity contribution in [3.8, 4) is 11.4 Å². The number of aromatic nitrogens is 2. The van der Waals surface area contributed by atoms with Gasteiger partial charge < -0.3 is 0 Å². The fraction of sp³-hybridized carbons (Fsp3) is 0.333. The normalized spacial score (nSPS) is 10.6. The molecule has 2 aromatic rings. The Kier molecular flexibility index (Phi) is 3.23. The molecular weight excluding hydrogens is 208 g/mol. The van der Waals surface area contributed by atoms with Crippen molar-refractivity contribution in [2.75, 3.05) is 0 Å². The molecule has 0 spiro atoms. The lowest BCUT2D eigenvalue weighted by Gasteiger charge is -2.08. The number of hydrogen-bond acceptors (Lipinski definition) is 2. The average molecular weight is 226 g/mol. The largest absolute Gasteiger partial charge is 0.236 e. The van der Waals surface area contributed by atoms with Crippen LogP contribution in [0.25, 0.3) is 11.4 Å². The van der Waals surface area contributed by atoms with Crippen LogP contribution in [0.4, 0.5) is 0 Å². The summed E-state index contributed by atoms with van der Waals surface area (Å²) >= 11 is 0. The predicted octanol–water partition coefficient (Wildman–Crippen LogP) is 3.63. The molecule has 0 unspecified atom stereocenters. The summed E-state index contributed by atoms with van der Waals surface area (Å²) in [4.78, 5) is 8.84. The van der Waals surface area contributed by atoms with E-state index in [1.165, 1.54) is 22.3 Å². The minimum atomic E-state index is 0.813. The summed E-state index contributed by atoms with van der Waals surface area (Å²) in [6.45, 7) is 8.52. The molecule has 1 aromatic carbocycles. The zero-order valence-electron chi connectivity index (χ0n) is 10.9. The second kappa shape index (κ2) is 4.66. The van der Waals surface area contributed by atoms with Gasteiger partial charge in [-0.1, -0.05) is 6.92 Å². The molecule has 0 fully saturated rings. The molecule has 0 aliphatic rings. The first-order valence-corrected chi connectivity index (χ1v) is 6.01. The summed E-state index contributed by atoms with van der Waals surface area (Å²) in [6, 6.07) is 4.31. The standard InChI is InChI=1S/C15H18N2/c1-5-13-8-16-15(17-9-13)14-6-10(2)12(4)11(3)7-14/h6-9H,5H2,1-4H3. The fourth-order valence-corrected chi connectivity index (χ4v) is 1.85. The van der Waals surface area contributed by atoms with Crippen molar-refractivity contribution >= 4 is 0 Å².